The number of nitrogens with zero attached hydrogens (tertiary/aromatic N) is 1. The van der Waals surface area contributed by atoms with Crippen molar-refractivity contribution in [3.63, 3.8) is 0 Å². The summed E-state index contributed by atoms with van der Waals surface area (Å²) < 4.78 is 34.5. The van der Waals surface area contributed by atoms with Gasteiger partial charge in [0.1, 0.15) is 0 Å². The van der Waals surface area contributed by atoms with Gasteiger partial charge in [-0.25, -0.2) is 4.79 Å². The molecule has 0 fully saturated rings. The summed E-state index contributed by atoms with van der Waals surface area (Å²) in [7, 11) is -1.05. The lowest BCUT2D eigenvalue weighted by Gasteiger charge is -2.54. The summed E-state index contributed by atoms with van der Waals surface area (Å²) in [4.78, 5) is 9.57. The molecular formula is C22H46NO6S+. The molecule has 0 aliphatic heterocycles. The van der Waals surface area contributed by atoms with Crippen molar-refractivity contribution < 1.29 is 32.5 Å². The van der Waals surface area contributed by atoms with E-state index in [-0.39, 0.29) is 6.42 Å². The number of likely N-dealkylation sites (N-methyl/N-ethyl adjacent to an activating group) is 1. The van der Waals surface area contributed by atoms with Crippen LogP contribution in [0.4, 0.5) is 0 Å². The molecule has 30 heavy (non-hydrogen) atoms. The molecule has 0 aliphatic rings. The number of aliphatic carboxylic acids is 1. The fourth-order valence-electron chi connectivity index (χ4n) is 4.61. The summed E-state index contributed by atoms with van der Waals surface area (Å²) in [6.45, 7) is 7.03. The van der Waals surface area contributed by atoms with E-state index >= 15 is 0 Å². The molecule has 3 N–H and O–H groups in total. The molecule has 0 saturated heterocycles. The van der Waals surface area contributed by atoms with Crippen molar-refractivity contribution in [2.45, 2.75) is 109 Å². The summed E-state index contributed by atoms with van der Waals surface area (Å²) in [5.41, 5.74) is -3.29. The first-order chi connectivity index (χ1) is 13.5. The van der Waals surface area contributed by atoms with Crippen LogP contribution in [0.15, 0.2) is 0 Å². The standard InChI is InChI=1S/C22H45NO6S/c1-8-9-10-11-12-13-14-15-16-17-18-21(26,20(2,3)4)22(19(24)25,23(5,6)7)30(27,28)29/h26H,8-18H2,1-7H3,(H-,24,25,27,28,29)/p+1. The molecule has 2 unspecified atom stereocenters. The second kappa shape index (κ2) is 11.2. The summed E-state index contributed by atoms with van der Waals surface area (Å²) in [5.74, 6) is -1.75. The minimum absolute atomic E-state index is 0.0331. The van der Waals surface area contributed by atoms with E-state index in [1.54, 1.807) is 20.8 Å². The number of rotatable bonds is 15. The van der Waals surface area contributed by atoms with Crippen molar-refractivity contribution in [3.05, 3.63) is 0 Å². The Morgan fingerprint density at radius 1 is 0.833 bits per heavy atom. The summed E-state index contributed by atoms with van der Waals surface area (Å²) in [6, 6.07) is 0. The molecular weight excluding hydrogens is 406 g/mol. The van der Waals surface area contributed by atoms with Crippen LogP contribution in [-0.4, -0.2) is 65.3 Å². The third-order valence-electron chi connectivity index (χ3n) is 6.30. The quantitative estimate of drug-likeness (QED) is 0.192. The zero-order valence-corrected chi connectivity index (χ0v) is 21.0. The summed E-state index contributed by atoms with van der Waals surface area (Å²) >= 11 is 0. The normalized spacial score (nSPS) is 17.4. The van der Waals surface area contributed by atoms with Crippen molar-refractivity contribution >= 4 is 16.1 Å². The van der Waals surface area contributed by atoms with Crippen LogP contribution < -0.4 is 0 Å². The fraction of sp³-hybridized carbons (Fsp3) is 0.955. The molecule has 0 saturated carbocycles. The van der Waals surface area contributed by atoms with Crippen LogP contribution in [0, 0.1) is 5.41 Å². The third-order valence-corrected chi connectivity index (χ3v) is 8.11. The Balaban J connectivity index is 5.40. The molecule has 0 aromatic rings. The zero-order valence-electron chi connectivity index (χ0n) is 20.2. The summed E-state index contributed by atoms with van der Waals surface area (Å²) in [6.07, 6.45) is 10.6. The molecule has 7 nitrogen and oxygen atoms in total. The summed E-state index contributed by atoms with van der Waals surface area (Å²) in [5, 5.41) is 21.7. The third kappa shape index (κ3) is 6.40. The second-order valence-corrected chi connectivity index (χ2v) is 12.0. The second-order valence-electron chi connectivity index (χ2n) is 10.5. The maximum Gasteiger partial charge on any atom is 0.388 e. The van der Waals surface area contributed by atoms with E-state index in [1.807, 2.05) is 0 Å². The molecule has 0 spiro atoms. The Hall–Kier alpha value is -0.700. The van der Waals surface area contributed by atoms with Crippen LogP contribution in [0.3, 0.4) is 0 Å². The SMILES string of the molecule is CCCCCCCCCCCCC(O)(C(C)(C)C)C(C(=O)O)([N+](C)(C)C)S(=O)(=O)O. The van der Waals surface area contributed by atoms with Gasteiger partial charge in [0.15, 0.2) is 5.60 Å². The van der Waals surface area contributed by atoms with Gasteiger partial charge in [-0.3, -0.25) is 9.04 Å². The number of hydrogen-bond acceptors (Lipinski definition) is 4. The van der Waals surface area contributed by atoms with Gasteiger partial charge in [0.25, 0.3) is 0 Å². The number of carboxylic acids is 1. The lowest BCUT2D eigenvalue weighted by Crippen LogP contribution is -2.80. The van der Waals surface area contributed by atoms with Crippen LogP contribution >= 0.6 is 0 Å². The van der Waals surface area contributed by atoms with E-state index in [0.29, 0.717) is 6.42 Å². The fourth-order valence-corrected chi connectivity index (χ4v) is 6.36. The topological polar surface area (TPSA) is 112 Å². The Labute approximate surface area is 184 Å². The molecule has 0 aromatic heterocycles. The molecule has 0 amide bonds. The van der Waals surface area contributed by atoms with E-state index < -0.39 is 36.5 Å². The Kier molecular flexibility index (Phi) is 11.0. The minimum Gasteiger partial charge on any atom is -0.476 e. The Morgan fingerprint density at radius 2 is 1.20 bits per heavy atom. The Morgan fingerprint density at radius 3 is 1.47 bits per heavy atom. The van der Waals surface area contributed by atoms with Crippen molar-refractivity contribution in [1.29, 1.82) is 0 Å². The van der Waals surface area contributed by atoms with Gasteiger partial charge in [0.05, 0.1) is 21.1 Å². The van der Waals surface area contributed by atoms with Gasteiger partial charge in [-0.05, 0) is 11.8 Å². The van der Waals surface area contributed by atoms with Gasteiger partial charge in [-0.15, -0.1) is 0 Å². The molecule has 8 heteroatoms. The van der Waals surface area contributed by atoms with E-state index in [9.17, 15) is 28.0 Å². The van der Waals surface area contributed by atoms with Crippen LogP contribution in [0.5, 0.6) is 0 Å². The predicted octanol–water partition coefficient (Wildman–Crippen LogP) is 4.45. The van der Waals surface area contributed by atoms with E-state index in [0.717, 1.165) is 25.7 Å². The molecule has 0 rings (SSSR count). The lowest BCUT2D eigenvalue weighted by atomic mass is 9.67. The maximum absolute atomic E-state index is 12.5. The highest BCUT2D eigenvalue weighted by Gasteiger charge is 2.76. The average molecular weight is 453 g/mol. The van der Waals surface area contributed by atoms with E-state index in [1.165, 1.54) is 53.2 Å². The van der Waals surface area contributed by atoms with E-state index in [2.05, 4.69) is 6.92 Å². The van der Waals surface area contributed by atoms with Crippen molar-refractivity contribution in [1.82, 2.24) is 0 Å². The van der Waals surface area contributed by atoms with Crippen molar-refractivity contribution in [3.8, 4) is 0 Å². The predicted molar refractivity (Wildman–Crippen MR) is 121 cm³/mol. The highest BCUT2D eigenvalue weighted by molar-refractivity contribution is 7.88. The number of aliphatic hydroxyl groups is 1. The van der Waals surface area contributed by atoms with Gasteiger partial charge < -0.3 is 10.2 Å². The van der Waals surface area contributed by atoms with Gasteiger partial charge in [0.2, 0.25) is 0 Å². The maximum atomic E-state index is 12.5. The Bertz CT molecular complexity index is 635. The van der Waals surface area contributed by atoms with Gasteiger partial charge >= 0.3 is 21.0 Å². The molecule has 0 aromatic carbocycles. The van der Waals surface area contributed by atoms with Gasteiger partial charge in [-0.1, -0.05) is 91.9 Å². The minimum atomic E-state index is -5.16. The zero-order chi connectivity index (χ0) is 23.9. The first-order valence-electron chi connectivity index (χ1n) is 11.2. The van der Waals surface area contributed by atoms with Crippen LogP contribution in [-0.2, 0) is 14.9 Å². The number of hydrogen-bond donors (Lipinski definition) is 3. The average Bonchev–Trinajstić information content (AvgIpc) is 2.52. The van der Waals surface area contributed by atoms with Crippen molar-refractivity contribution in [2.24, 2.45) is 5.41 Å². The van der Waals surface area contributed by atoms with Gasteiger partial charge in [0, 0.05) is 0 Å². The first-order valence-corrected chi connectivity index (χ1v) is 12.7. The largest absolute Gasteiger partial charge is 0.476 e. The van der Waals surface area contributed by atoms with E-state index in [4.69, 9.17) is 0 Å². The van der Waals surface area contributed by atoms with Gasteiger partial charge in [-0.2, -0.15) is 8.42 Å². The number of quaternary nitrogens is 1. The number of unbranched alkanes of at least 4 members (excludes halogenated alkanes) is 9. The number of carbonyl (C=O) groups is 1. The smallest absolute Gasteiger partial charge is 0.388 e. The van der Waals surface area contributed by atoms with Crippen LogP contribution in [0.25, 0.3) is 0 Å². The van der Waals surface area contributed by atoms with Crippen LogP contribution in [0.2, 0.25) is 0 Å². The monoisotopic (exact) mass is 452 g/mol. The molecule has 2 atom stereocenters. The lowest BCUT2D eigenvalue weighted by molar-refractivity contribution is -0.908. The first kappa shape index (κ1) is 29.3. The molecule has 0 heterocycles. The molecule has 0 radical (unpaired) electrons. The highest BCUT2D eigenvalue weighted by Crippen LogP contribution is 2.49. The van der Waals surface area contributed by atoms with Crippen LogP contribution in [0.1, 0.15) is 98.3 Å². The molecule has 0 bridgehead atoms. The molecule has 0 aliphatic carbocycles. The number of carboxylic acid groups (broad SMARTS) is 1. The molecule has 180 valence electrons. The highest BCUT2D eigenvalue weighted by atomic mass is 32.2. The van der Waals surface area contributed by atoms with Crippen molar-refractivity contribution in [2.75, 3.05) is 21.1 Å².